The van der Waals surface area contributed by atoms with E-state index in [1.807, 2.05) is 0 Å². The predicted octanol–water partition coefficient (Wildman–Crippen LogP) is -1.53. The largest absolute Gasteiger partial charge is 3.00 e. The van der Waals surface area contributed by atoms with Gasteiger partial charge in [-0.3, -0.25) is 0 Å². The van der Waals surface area contributed by atoms with E-state index in [0.717, 1.165) is 0 Å². The van der Waals surface area contributed by atoms with Gasteiger partial charge in [0.1, 0.15) is 0 Å². The average molecular weight is 236 g/mol. The van der Waals surface area contributed by atoms with Crippen LogP contribution in [0.3, 0.4) is 0 Å². The van der Waals surface area contributed by atoms with Gasteiger partial charge in [-0.1, -0.05) is 0 Å². The maximum atomic E-state index is 10.6. The van der Waals surface area contributed by atoms with Crippen molar-refractivity contribution in [3.05, 3.63) is 34.4 Å². The van der Waals surface area contributed by atoms with Crippen LogP contribution in [-0.2, 0) is 0 Å². The van der Waals surface area contributed by atoms with Crippen LogP contribution in [0.5, 0.6) is 0 Å². The van der Waals surface area contributed by atoms with Gasteiger partial charge in [0.2, 0.25) is 0 Å². The predicted molar refractivity (Wildman–Crippen MR) is 52.3 cm³/mol. The monoisotopic (exact) mass is 236 g/mol. The third kappa shape index (κ3) is 3.35. The molecule has 0 aliphatic heterocycles. The number of aromatic carboxylic acids is 2. The summed E-state index contributed by atoms with van der Waals surface area (Å²) in [6, 6.07) is 2.55. The van der Waals surface area contributed by atoms with E-state index in [9.17, 15) is 19.8 Å². The van der Waals surface area contributed by atoms with Gasteiger partial charge in [0.05, 0.1) is 11.9 Å². The van der Waals surface area contributed by atoms with Crippen molar-refractivity contribution in [3.63, 3.8) is 0 Å². The number of benzene rings is 1. The first-order valence-corrected chi connectivity index (χ1v) is 3.97. The van der Waals surface area contributed by atoms with Gasteiger partial charge in [-0.05, 0) is 37.1 Å². The first kappa shape index (κ1) is 17.1. The molecule has 0 saturated carbocycles. The van der Waals surface area contributed by atoms with Crippen molar-refractivity contribution in [2.24, 2.45) is 0 Å². The summed E-state index contributed by atoms with van der Waals surface area (Å²) in [5.41, 5.74) is 0.726. The van der Waals surface area contributed by atoms with Crippen molar-refractivity contribution in [1.29, 1.82) is 0 Å². The zero-order valence-corrected chi connectivity index (χ0v) is 9.97. The number of aryl methyl sites for hydroxylation is 2. The van der Waals surface area contributed by atoms with Crippen LogP contribution in [0, 0.1) is 13.8 Å². The first-order chi connectivity index (χ1) is 6.43. The van der Waals surface area contributed by atoms with Gasteiger partial charge in [-0.2, -0.15) is 0 Å². The Balaban J connectivity index is 0. The van der Waals surface area contributed by atoms with Crippen molar-refractivity contribution in [3.8, 4) is 0 Å². The number of carboxylic acid groups (broad SMARTS) is 2. The fourth-order valence-electron chi connectivity index (χ4n) is 1.26. The molecule has 0 heterocycles. The average Bonchev–Trinajstić information content (AvgIpc) is 2.07. The molecule has 0 atom stereocenters. The zero-order valence-electron chi connectivity index (χ0n) is 8.81. The summed E-state index contributed by atoms with van der Waals surface area (Å²) >= 11 is 0. The van der Waals surface area contributed by atoms with Gasteiger partial charge in [-0.25, -0.2) is 0 Å². The molecule has 0 aliphatic carbocycles. The van der Waals surface area contributed by atoms with Crippen molar-refractivity contribution >= 4 is 29.3 Å². The molecule has 0 saturated heterocycles. The Labute approximate surface area is 103 Å². The molecule has 0 fully saturated rings. The summed E-state index contributed by atoms with van der Waals surface area (Å²) < 4.78 is 0. The molecule has 0 aliphatic rings. The van der Waals surface area contributed by atoms with E-state index in [0.29, 0.717) is 11.1 Å². The summed E-state index contributed by atoms with van der Waals surface area (Å²) in [4.78, 5) is 21.2. The standard InChI is InChI=1S/C10H10O4.Al.H2O/c1-5-3-8(10(13)14)6(2)4-7(5)9(11)12;;/h3-4H,1-2H3,(H,11,12)(H,13,14);;1H2/q;+3;/p-3. The van der Waals surface area contributed by atoms with E-state index in [1.165, 1.54) is 26.0 Å². The molecule has 82 valence electrons. The fourth-order valence-corrected chi connectivity index (χ4v) is 1.26. The van der Waals surface area contributed by atoms with E-state index < -0.39 is 11.9 Å². The maximum absolute atomic E-state index is 10.6. The number of carboxylic acids is 2. The number of rotatable bonds is 2. The second-order valence-corrected chi connectivity index (χ2v) is 3.06. The quantitative estimate of drug-likeness (QED) is 0.578. The number of carbonyl (C=O) groups is 2. The van der Waals surface area contributed by atoms with Crippen LogP contribution in [0.15, 0.2) is 12.1 Å². The summed E-state index contributed by atoms with van der Waals surface area (Å²) in [5, 5.41) is 21.2. The second kappa shape index (κ2) is 6.28. The Morgan fingerprint density at radius 1 is 0.938 bits per heavy atom. The van der Waals surface area contributed by atoms with Crippen LogP contribution in [-0.4, -0.2) is 34.8 Å². The van der Waals surface area contributed by atoms with E-state index >= 15 is 0 Å². The Bertz CT molecular complexity index is 374. The van der Waals surface area contributed by atoms with E-state index in [4.69, 9.17) is 0 Å². The normalized spacial score (nSPS) is 8.62. The van der Waals surface area contributed by atoms with Crippen LogP contribution < -0.4 is 10.2 Å². The molecule has 1 aromatic carbocycles. The third-order valence-electron chi connectivity index (χ3n) is 2.01. The van der Waals surface area contributed by atoms with Gasteiger partial charge in [0.25, 0.3) is 0 Å². The van der Waals surface area contributed by atoms with Crippen LogP contribution >= 0.6 is 0 Å². The summed E-state index contributed by atoms with van der Waals surface area (Å²) in [5.74, 6) is -2.62. The minimum atomic E-state index is -1.31. The molecule has 5 nitrogen and oxygen atoms in total. The summed E-state index contributed by atoms with van der Waals surface area (Å²) in [6.07, 6.45) is 0. The molecule has 0 radical (unpaired) electrons. The molecule has 1 rings (SSSR count). The molecule has 0 spiro atoms. The van der Waals surface area contributed by atoms with Crippen molar-refractivity contribution in [2.45, 2.75) is 13.8 Å². The molecule has 0 bridgehead atoms. The SMILES string of the molecule is Cc1cc(C(=O)[O-])c(C)cc1C(=O)[O-].[Al+3].[OH-]. The van der Waals surface area contributed by atoms with Crippen LogP contribution in [0.4, 0.5) is 0 Å². The van der Waals surface area contributed by atoms with Crippen LogP contribution in [0.25, 0.3) is 0 Å². The van der Waals surface area contributed by atoms with Crippen molar-refractivity contribution < 1.29 is 25.3 Å². The number of hydrogen-bond acceptors (Lipinski definition) is 5. The van der Waals surface area contributed by atoms with Crippen molar-refractivity contribution in [1.82, 2.24) is 0 Å². The molecule has 0 unspecified atom stereocenters. The Hall–Kier alpha value is -1.35. The molecule has 1 aromatic rings. The third-order valence-corrected chi connectivity index (χ3v) is 2.01. The Kier molecular flexibility index (Phi) is 6.70. The summed E-state index contributed by atoms with van der Waals surface area (Å²) in [6.45, 7) is 3.02. The minimum Gasteiger partial charge on any atom is -0.870 e. The van der Waals surface area contributed by atoms with Crippen LogP contribution in [0.1, 0.15) is 31.8 Å². The molecular weight excluding hydrogens is 227 g/mol. The fraction of sp³-hybridized carbons (Fsp3) is 0.200. The molecule has 6 heteroatoms. The van der Waals surface area contributed by atoms with Gasteiger partial charge >= 0.3 is 17.4 Å². The number of hydrogen-bond donors (Lipinski definition) is 0. The smallest absolute Gasteiger partial charge is 0.870 e. The van der Waals surface area contributed by atoms with Crippen molar-refractivity contribution in [2.75, 3.05) is 0 Å². The maximum Gasteiger partial charge on any atom is 3.00 e. The minimum absolute atomic E-state index is 0. The molecule has 0 aromatic heterocycles. The topological polar surface area (TPSA) is 110 Å². The summed E-state index contributed by atoms with van der Waals surface area (Å²) in [7, 11) is 0. The molecule has 0 amide bonds. The van der Waals surface area contributed by atoms with Crippen LogP contribution in [0.2, 0.25) is 0 Å². The van der Waals surface area contributed by atoms with Gasteiger partial charge < -0.3 is 25.3 Å². The number of carbonyl (C=O) groups excluding carboxylic acids is 2. The Morgan fingerprint density at radius 3 is 1.38 bits per heavy atom. The molecular formula is C10H9AlO5. The van der Waals surface area contributed by atoms with E-state index in [-0.39, 0.29) is 34.0 Å². The zero-order chi connectivity index (χ0) is 10.9. The molecule has 1 N–H and O–H groups in total. The van der Waals surface area contributed by atoms with Gasteiger partial charge in [0, 0.05) is 11.1 Å². The second-order valence-electron chi connectivity index (χ2n) is 3.06. The van der Waals surface area contributed by atoms with Gasteiger partial charge in [0.15, 0.2) is 0 Å². The first-order valence-electron chi connectivity index (χ1n) is 3.97. The van der Waals surface area contributed by atoms with Gasteiger partial charge in [-0.15, -0.1) is 0 Å². The Morgan fingerprint density at radius 2 is 1.19 bits per heavy atom. The van der Waals surface area contributed by atoms with E-state index in [2.05, 4.69) is 0 Å². The van der Waals surface area contributed by atoms with E-state index in [1.54, 1.807) is 0 Å². The molecule has 16 heavy (non-hydrogen) atoms.